The number of carbonyl (C=O) groups is 2. The molecule has 6 heteroatoms. The van der Waals surface area contributed by atoms with Gasteiger partial charge in [0.15, 0.2) is 0 Å². The minimum absolute atomic E-state index is 0.0956. The molecule has 0 fully saturated rings. The average molecular weight is 515 g/mol. The van der Waals surface area contributed by atoms with Crippen LogP contribution in [-0.2, 0) is 11.3 Å². The van der Waals surface area contributed by atoms with Gasteiger partial charge in [0, 0.05) is 28.2 Å². The highest BCUT2D eigenvalue weighted by atomic mass is 79.9. The lowest BCUT2D eigenvalue weighted by Crippen LogP contribution is -2.34. The van der Waals surface area contributed by atoms with E-state index in [1.54, 1.807) is 18.2 Å². The number of carbonyl (C=O) groups excluding carboxylic acids is 2. The highest BCUT2D eigenvalue weighted by Crippen LogP contribution is 2.25. The van der Waals surface area contributed by atoms with E-state index in [9.17, 15) is 9.59 Å². The van der Waals surface area contributed by atoms with Gasteiger partial charge in [-0.25, -0.2) is 0 Å². The Morgan fingerprint density at radius 2 is 1.59 bits per heavy atom. The van der Waals surface area contributed by atoms with E-state index in [0.29, 0.717) is 23.6 Å². The van der Waals surface area contributed by atoms with Crippen molar-refractivity contribution in [2.24, 2.45) is 0 Å². The zero-order valence-electron chi connectivity index (χ0n) is 18.5. The molecule has 0 atom stereocenters. The maximum atomic E-state index is 13.0. The summed E-state index contributed by atoms with van der Waals surface area (Å²) in [6, 6.07) is 28.0. The summed E-state index contributed by atoms with van der Waals surface area (Å²) in [5, 5.41) is 5.60. The standard InChI is InChI=1S/C28H23BrN2O3/c1-19-7-9-22(10-8-19)27(32)31-25(28(33)30-18-20-5-3-2-4-6-20)17-24-15-16-26(34-24)21-11-13-23(29)14-12-21/h2-17H,18H2,1H3,(H,30,33)(H,31,32)/b25-17+. The third kappa shape index (κ3) is 6.11. The summed E-state index contributed by atoms with van der Waals surface area (Å²) in [5.74, 6) is 0.325. The van der Waals surface area contributed by atoms with Crippen molar-refractivity contribution in [3.05, 3.63) is 124 Å². The quantitative estimate of drug-likeness (QED) is 0.292. The summed E-state index contributed by atoms with van der Waals surface area (Å²) in [6.45, 7) is 2.28. The first-order valence-electron chi connectivity index (χ1n) is 10.8. The van der Waals surface area contributed by atoms with E-state index in [-0.39, 0.29) is 11.6 Å². The van der Waals surface area contributed by atoms with Crippen LogP contribution < -0.4 is 10.6 Å². The SMILES string of the molecule is Cc1ccc(C(=O)N/C(=C/c2ccc(-c3ccc(Br)cc3)o2)C(=O)NCc2ccccc2)cc1. The fraction of sp³-hybridized carbons (Fsp3) is 0.0714. The van der Waals surface area contributed by atoms with Crippen LogP contribution in [0.1, 0.15) is 27.2 Å². The van der Waals surface area contributed by atoms with Crippen molar-refractivity contribution < 1.29 is 14.0 Å². The van der Waals surface area contributed by atoms with Crippen molar-refractivity contribution >= 4 is 33.8 Å². The van der Waals surface area contributed by atoms with Gasteiger partial charge in [-0.3, -0.25) is 9.59 Å². The van der Waals surface area contributed by atoms with Gasteiger partial charge in [-0.15, -0.1) is 0 Å². The Balaban J connectivity index is 1.57. The molecule has 0 aliphatic carbocycles. The fourth-order valence-corrected chi connectivity index (χ4v) is 3.54. The lowest BCUT2D eigenvalue weighted by molar-refractivity contribution is -0.117. The molecular formula is C28H23BrN2O3. The van der Waals surface area contributed by atoms with Gasteiger partial charge < -0.3 is 15.1 Å². The van der Waals surface area contributed by atoms with Crippen molar-refractivity contribution in [1.82, 2.24) is 10.6 Å². The zero-order valence-corrected chi connectivity index (χ0v) is 20.1. The van der Waals surface area contributed by atoms with E-state index < -0.39 is 5.91 Å². The monoisotopic (exact) mass is 514 g/mol. The normalized spacial score (nSPS) is 11.2. The number of hydrogen-bond donors (Lipinski definition) is 2. The maximum absolute atomic E-state index is 13.0. The van der Waals surface area contributed by atoms with Crippen LogP contribution in [0.2, 0.25) is 0 Å². The molecule has 0 unspecified atom stereocenters. The second-order valence-corrected chi connectivity index (χ2v) is 8.67. The van der Waals surface area contributed by atoms with Crippen molar-refractivity contribution in [1.29, 1.82) is 0 Å². The molecule has 2 N–H and O–H groups in total. The number of benzene rings is 3. The van der Waals surface area contributed by atoms with Crippen LogP contribution in [0.5, 0.6) is 0 Å². The minimum atomic E-state index is -0.411. The highest BCUT2D eigenvalue weighted by Gasteiger charge is 2.16. The van der Waals surface area contributed by atoms with Gasteiger partial charge in [-0.05, 0) is 48.9 Å². The molecule has 1 aromatic heterocycles. The number of halogens is 1. The van der Waals surface area contributed by atoms with Gasteiger partial charge in [0.2, 0.25) is 0 Å². The van der Waals surface area contributed by atoms with Crippen molar-refractivity contribution in [3.8, 4) is 11.3 Å². The zero-order chi connectivity index (χ0) is 23.9. The summed E-state index contributed by atoms with van der Waals surface area (Å²) >= 11 is 3.42. The summed E-state index contributed by atoms with van der Waals surface area (Å²) in [6.07, 6.45) is 1.54. The van der Waals surface area contributed by atoms with Crippen LogP contribution in [0.4, 0.5) is 0 Å². The van der Waals surface area contributed by atoms with E-state index in [2.05, 4.69) is 26.6 Å². The molecule has 0 spiro atoms. The minimum Gasteiger partial charge on any atom is -0.457 e. The topological polar surface area (TPSA) is 71.3 Å². The molecule has 3 aromatic carbocycles. The van der Waals surface area contributed by atoms with Crippen LogP contribution in [0.25, 0.3) is 17.4 Å². The summed E-state index contributed by atoms with van der Waals surface area (Å²) in [4.78, 5) is 25.8. The van der Waals surface area contributed by atoms with Crippen molar-refractivity contribution in [2.75, 3.05) is 0 Å². The van der Waals surface area contributed by atoms with Gasteiger partial charge in [0.25, 0.3) is 11.8 Å². The first kappa shape index (κ1) is 23.3. The number of aryl methyl sites for hydroxylation is 1. The molecule has 170 valence electrons. The second kappa shape index (κ2) is 10.8. The number of amides is 2. The molecule has 1 heterocycles. The van der Waals surface area contributed by atoms with Gasteiger partial charge >= 0.3 is 0 Å². The summed E-state index contributed by atoms with van der Waals surface area (Å²) < 4.78 is 6.90. The summed E-state index contributed by atoms with van der Waals surface area (Å²) in [7, 11) is 0. The van der Waals surface area contributed by atoms with Crippen LogP contribution in [0.15, 0.2) is 106 Å². The Kier molecular flexibility index (Phi) is 7.40. The molecule has 34 heavy (non-hydrogen) atoms. The van der Waals surface area contributed by atoms with Gasteiger partial charge in [-0.2, -0.15) is 0 Å². The Hall–Kier alpha value is -3.90. The molecule has 4 aromatic rings. The first-order chi connectivity index (χ1) is 16.5. The molecule has 0 aliphatic rings. The highest BCUT2D eigenvalue weighted by molar-refractivity contribution is 9.10. The maximum Gasteiger partial charge on any atom is 0.268 e. The second-order valence-electron chi connectivity index (χ2n) is 7.76. The molecule has 0 saturated heterocycles. The molecule has 4 rings (SSSR count). The third-order valence-electron chi connectivity index (χ3n) is 5.14. The van der Waals surface area contributed by atoms with Gasteiger partial charge in [-0.1, -0.05) is 76.1 Å². The van der Waals surface area contributed by atoms with E-state index in [1.165, 1.54) is 6.08 Å². The summed E-state index contributed by atoms with van der Waals surface area (Å²) in [5.41, 5.74) is 3.46. The number of nitrogens with one attached hydrogen (secondary N) is 2. The van der Waals surface area contributed by atoms with Crippen LogP contribution >= 0.6 is 15.9 Å². The van der Waals surface area contributed by atoms with Crippen LogP contribution in [-0.4, -0.2) is 11.8 Å². The predicted molar refractivity (Wildman–Crippen MR) is 137 cm³/mol. The fourth-order valence-electron chi connectivity index (χ4n) is 3.27. The number of hydrogen-bond acceptors (Lipinski definition) is 3. The number of furan rings is 1. The van der Waals surface area contributed by atoms with E-state index in [4.69, 9.17) is 4.42 Å². The third-order valence-corrected chi connectivity index (χ3v) is 5.67. The average Bonchev–Trinajstić information content (AvgIpc) is 3.32. The Morgan fingerprint density at radius 1 is 0.882 bits per heavy atom. The molecule has 2 amide bonds. The molecule has 0 aliphatic heterocycles. The predicted octanol–water partition coefficient (Wildman–Crippen LogP) is 6.10. The largest absolute Gasteiger partial charge is 0.457 e. The smallest absolute Gasteiger partial charge is 0.268 e. The molecule has 0 saturated carbocycles. The molecule has 0 radical (unpaired) electrons. The Labute approximate surface area is 206 Å². The van der Waals surface area contributed by atoms with E-state index in [0.717, 1.165) is 21.2 Å². The molecule has 5 nitrogen and oxygen atoms in total. The molecular weight excluding hydrogens is 492 g/mol. The Morgan fingerprint density at radius 3 is 2.29 bits per heavy atom. The van der Waals surface area contributed by atoms with Crippen LogP contribution in [0, 0.1) is 6.92 Å². The first-order valence-corrected chi connectivity index (χ1v) is 11.5. The van der Waals surface area contributed by atoms with E-state index >= 15 is 0 Å². The lowest BCUT2D eigenvalue weighted by Gasteiger charge is -2.11. The number of rotatable bonds is 7. The van der Waals surface area contributed by atoms with Gasteiger partial charge in [0.1, 0.15) is 17.2 Å². The van der Waals surface area contributed by atoms with Crippen molar-refractivity contribution in [3.63, 3.8) is 0 Å². The Bertz CT molecular complexity index is 1310. The van der Waals surface area contributed by atoms with Crippen molar-refractivity contribution in [2.45, 2.75) is 13.5 Å². The lowest BCUT2D eigenvalue weighted by atomic mass is 10.1. The van der Waals surface area contributed by atoms with Crippen LogP contribution in [0.3, 0.4) is 0 Å². The van der Waals surface area contributed by atoms with Gasteiger partial charge in [0.05, 0.1) is 0 Å². The van der Waals surface area contributed by atoms with E-state index in [1.807, 2.05) is 79.7 Å². The molecule has 0 bridgehead atoms.